The number of unbranched alkanes of at least 4 members (excludes halogenated alkanes) is 24. The van der Waals surface area contributed by atoms with Crippen molar-refractivity contribution in [3.05, 3.63) is 60.8 Å². The Labute approximate surface area is 370 Å². The molecule has 0 heterocycles. The molecule has 6 nitrogen and oxygen atoms in total. The van der Waals surface area contributed by atoms with Crippen LogP contribution in [0.25, 0.3) is 0 Å². The molecule has 0 saturated heterocycles. The van der Waals surface area contributed by atoms with Gasteiger partial charge in [-0.3, -0.25) is 14.4 Å². The minimum Gasteiger partial charge on any atom is -0.462 e. The maximum atomic E-state index is 12.8. The molecule has 0 rings (SSSR count). The highest BCUT2D eigenvalue weighted by Crippen LogP contribution is 2.15. The number of carbonyl (C=O) groups excluding carboxylic acids is 3. The van der Waals surface area contributed by atoms with Gasteiger partial charge < -0.3 is 14.2 Å². The Balaban J connectivity index is 4.43. The number of ether oxygens (including phenoxy) is 3. The van der Waals surface area contributed by atoms with Crippen molar-refractivity contribution in [2.45, 2.75) is 252 Å². The van der Waals surface area contributed by atoms with Crippen LogP contribution < -0.4 is 0 Å². The van der Waals surface area contributed by atoms with E-state index >= 15 is 0 Å². The van der Waals surface area contributed by atoms with Crippen molar-refractivity contribution in [3.8, 4) is 0 Å². The summed E-state index contributed by atoms with van der Waals surface area (Å²) in [5, 5.41) is 0. The largest absolute Gasteiger partial charge is 0.462 e. The fourth-order valence-electron chi connectivity index (χ4n) is 7.01. The van der Waals surface area contributed by atoms with Gasteiger partial charge in [-0.2, -0.15) is 0 Å². The van der Waals surface area contributed by atoms with Gasteiger partial charge in [0.15, 0.2) is 6.10 Å². The molecule has 1 atom stereocenters. The molecule has 0 amide bonds. The summed E-state index contributed by atoms with van der Waals surface area (Å²) in [4.78, 5) is 37.9. The van der Waals surface area contributed by atoms with Crippen molar-refractivity contribution in [1.29, 1.82) is 0 Å². The molecule has 0 aromatic carbocycles. The Morgan fingerprint density at radius 2 is 0.650 bits per heavy atom. The van der Waals surface area contributed by atoms with E-state index in [0.717, 1.165) is 77.0 Å². The Morgan fingerprint density at radius 1 is 0.350 bits per heavy atom. The molecule has 0 N–H and O–H groups in total. The Morgan fingerprint density at radius 3 is 1.02 bits per heavy atom. The van der Waals surface area contributed by atoms with Gasteiger partial charge in [-0.05, 0) is 57.8 Å². The number of carbonyl (C=O) groups is 3. The normalized spacial score (nSPS) is 12.5. The summed E-state index contributed by atoms with van der Waals surface area (Å²) in [6.07, 6.45) is 59.2. The van der Waals surface area contributed by atoms with Gasteiger partial charge in [0.2, 0.25) is 0 Å². The molecule has 0 spiro atoms. The Hall–Kier alpha value is -2.89. The molecule has 0 fully saturated rings. The van der Waals surface area contributed by atoms with Crippen molar-refractivity contribution >= 4 is 17.9 Å². The van der Waals surface area contributed by atoms with Crippen LogP contribution in [0.1, 0.15) is 245 Å². The standard InChI is InChI=1S/C54H94O6/c1-4-7-10-13-16-19-22-24-26-27-29-30-32-35-38-41-44-47-53(56)59-50-51(49-58-52(55)46-43-40-37-34-21-18-15-12-9-6-3)60-54(57)48-45-42-39-36-33-31-28-25-23-20-17-14-11-8-5-2/h7,10,16,19,24,26,29-30,35,38,51H,4-6,8-9,11-15,17-18,20-23,25,27-28,31-34,36-37,39-50H2,1-3H3/b10-7-,19-16-,26-24-,30-29-,38-35-. The highest BCUT2D eigenvalue weighted by Gasteiger charge is 2.19. The minimum atomic E-state index is -0.791. The molecule has 0 aliphatic carbocycles. The summed E-state index contributed by atoms with van der Waals surface area (Å²) < 4.78 is 16.7. The van der Waals surface area contributed by atoms with Gasteiger partial charge in [-0.25, -0.2) is 0 Å². The first-order valence-electron chi connectivity index (χ1n) is 25.3. The lowest BCUT2D eigenvalue weighted by Gasteiger charge is -2.18. The number of esters is 3. The smallest absolute Gasteiger partial charge is 0.306 e. The van der Waals surface area contributed by atoms with Crippen molar-refractivity contribution in [1.82, 2.24) is 0 Å². The Kier molecular flexibility index (Phi) is 46.4. The van der Waals surface area contributed by atoms with Gasteiger partial charge in [-0.1, -0.05) is 229 Å². The van der Waals surface area contributed by atoms with Crippen molar-refractivity contribution in [2.24, 2.45) is 0 Å². The average Bonchev–Trinajstić information content (AvgIpc) is 3.24. The molecular weight excluding hydrogens is 745 g/mol. The number of hydrogen-bond acceptors (Lipinski definition) is 6. The second-order valence-corrected chi connectivity index (χ2v) is 16.7. The third kappa shape index (κ3) is 46.2. The first-order chi connectivity index (χ1) is 29.5. The van der Waals surface area contributed by atoms with Gasteiger partial charge in [-0.15, -0.1) is 0 Å². The lowest BCUT2D eigenvalue weighted by Crippen LogP contribution is -2.30. The van der Waals surface area contributed by atoms with Gasteiger partial charge >= 0.3 is 17.9 Å². The van der Waals surface area contributed by atoms with Crippen LogP contribution in [-0.4, -0.2) is 37.2 Å². The first kappa shape index (κ1) is 57.1. The molecule has 0 radical (unpaired) electrons. The predicted octanol–water partition coefficient (Wildman–Crippen LogP) is 16.5. The third-order valence-corrected chi connectivity index (χ3v) is 10.8. The monoisotopic (exact) mass is 839 g/mol. The lowest BCUT2D eigenvalue weighted by atomic mass is 10.0. The molecule has 0 bridgehead atoms. The van der Waals surface area contributed by atoms with Crippen molar-refractivity contribution in [2.75, 3.05) is 13.2 Å². The number of hydrogen-bond donors (Lipinski definition) is 0. The summed E-state index contributed by atoms with van der Waals surface area (Å²) in [6, 6.07) is 0. The van der Waals surface area contributed by atoms with Crippen LogP contribution >= 0.6 is 0 Å². The summed E-state index contributed by atoms with van der Waals surface area (Å²) in [6.45, 7) is 6.47. The van der Waals surface area contributed by atoms with Gasteiger partial charge in [0.05, 0.1) is 0 Å². The van der Waals surface area contributed by atoms with Gasteiger partial charge in [0, 0.05) is 19.3 Å². The van der Waals surface area contributed by atoms with E-state index in [0.29, 0.717) is 19.3 Å². The molecule has 346 valence electrons. The first-order valence-corrected chi connectivity index (χ1v) is 25.3. The molecule has 1 unspecified atom stereocenters. The van der Waals surface area contributed by atoms with Gasteiger partial charge in [0.25, 0.3) is 0 Å². The summed E-state index contributed by atoms with van der Waals surface area (Å²) >= 11 is 0. The van der Waals surface area contributed by atoms with E-state index in [1.807, 2.05) is 0 Å². The average molecular weight is 839 g/mol. The maximum absolute atomic E-state index is 12.8. The highest BCUT2D eigenvalue weighted by atomic mass is 16.6. The lowest BCUT2D eigenvalue weighted by molar-refractivity contribution is -0.167. The van der Waals surface area contributed by atoms with Crippen LogP contribution in [0.4, 0.5) is 0 Å². The zero-order valence-electron chi connectivity index (χ0n) is 39.5. The van der Waals surface area contributed by atoms with Crippen LogP contribution in [0, 0.1) is 0 Å². The second kappa shape index (κ2) is 48.8. The summed E-state index contributed by atoms with van der Waals surface area (Å²) in [5.74, 6) is -0.946. The van der Waals surface area contributed by atoms with E-state index in [4.69, 9.17) is 14.2 Å². The molecule has 0 aromatic rings. The number of rotatable bonds is 45. The third-order valence-electron chi connectivity index (χ3n) is 10.8. The van der Waals surface area contributed by atoms with E-state index in [1.54, 1.807) is 0 Å². The maximum Gasteiger partial charge on any atom is 0.306 e. The van der Waals surface area contributed by atoms with Gasteiger partial charge in [0.1, 0.15) is 13.2 Å². The SMILES string of the molecule is CC/C=C\C/C=C\C/C=C\C/C=C\C/C=C\CCCC(=O)OCC(COC(=O)CCCCCCCCCCCC)OC(=O)CCCCCCCCCCCCCCCCC. The van der Waals surface area contributed by atoms with E-state index in [-0.39, 0.29) is 37.5 Å². The van der Waals surface area contributed by atoms with Crippen LogP contribution in [0.15, 0.2) is 60.8 Å². The zero-order valence-corrected chi connectivity index (χ0v) is 39.5. The van der Waals surface area contributed by atoms with E-state index in [9.17, 15) is 14.4 Å². The highest BCUT2D eigenvalue weighted by molar-refractivity contribution is 5.71. The fourth-order valence-corrected chi connectivity index (χ4v) is 7.01. The van der Waals surface area contributed by atoms with E-state index in [2.05, 4.69) is 81.5 Å². The topological polar surface area (TPSA) is 78.9 Å². The van der Waals surface area contributed by atoms with Crippen molar-refractivity contribution < 1.29 is 28.6 Å². The minimum absolute atomic E-state index is 0.0888. The second-order valence-electron chi connectivity index (χ2n) is 16.7. The quantitative estimate of drug-likeness (QED) is 0.0263. The fraction of sp³-hybridized carbons (Fsp3) is 0.759. The summed E-state index contributed by atoms with van der Waals surface area (Å²) in [5.41, 5.74) is 0. The van der Waals surface area contributed by atoms with E-state index in [1.165, 1.54) is 122 Å². The molecule has 0 aliphatic heterocycles. The van der Waals surface area contributed by atoms with Crippen molar-refractivity contribution in [3.63, 3.8) is 0 Å². The van der Waals surface area contributed by atoms with E-state index < -0.39 is 6.10 Å². The molecular formula is C54H94O6. The van der Waals surface area contributed by atoms with Crippen LogP contribution in [0.2, 0.25) is 0 Å². The number of allylic oxidation sites excluding steroid dienone is 10. The zero-order chi connectivity index (χ0) is 43.7. The van der Waals surface area contributed by atoms with Crippen LogP contribution in [0.3, 0.4) is 0 Å². The summed E-state index contributed by atoms with van der Waals surface area (Å²) in [7, 11) is 0. The van der Waals surface area contributed by atoms with Crippen LogP contribution in [-0.2, 0) is 28.6 Å². The van der Waals surface area contributed by atoms with Crippen LogP contribution in [0.5, 0.6) is 0 Å². The predicted molar refractivity (Wildman–Crippen MR) is 256 cm³/mol. The molecule has 6 heteroatoms. The molecule has 60 heavy (non-hydrogen) atoms. The molecule has 0 aromatic heterocycles. The Bertz CT molecular complexity index is 1100. The molecule has 0 aliphatic rings. The molecule has 0 saturated carbocycles.